The van der Waals surface area contributed by atoms with Crippen LogP contribution in [0.3, 0.4) is 0 Å². The van der Waals surface area contributed by atoms with Crippen LogP contribution in [0.4, 0.5) is 0 Å². The number of hydrogen-bond donors (Lipinski definition) is 0. The molecule has 0 amide bonds. The molecule has 1 aromatic carbocycles. The fraction of sp³-hybridized carbons (Fsp3) is 0.0833. The van der Waals surface area contributed by atoms with Gasteiger partial charge in [0.25, 0.3) is 0 Å². The first-order chi connectivity index (χ1) is 6.83. The Kier molecular flexibility index (Phi) is 1.58. The molecule has 0 aliphatic rings. The van der Waals surface area contributed by atoms with Gasteiger partial charge in [0, 0.05) is 10.8 Å². The van der Waals surface area contributed by atoms with Crippen LogP contribution in [-0.4, -0.2) is 4.98 Å². The molecule has 0 bridgehead atoms. The Morgan fingerprint density at radius 1 is 1.07 bits per heavy atom. The largest absolute Gasteiger partial charge is 0.237 e. The van der Waals surface area contributed by atoms with Crippen molar-refractivity contribution in [3.8, 4) is 0 Å². The number of hydrogen-bond acceptors (Lipinski definition) is 2. The molecular formula is C12H9NS. The predicted octanol–water partition coefficient (Wildman–Crippen LogP) is 3.76. The maximum absolute atomic E-state index is 4.60. The molecule has 3 aromatic rings. The Morgan fingerprint density at radius 3 is 2.93 bits per heavy atom. The topological polar surface area (TPSA) is 12.9 Å². The molecule has 1 nitrogen and oxygen atoms in total. The van der Waals surface area contributed by atoms with Crippen LogP contribution in [0.15, 0.2) is 35.7 Å². The quantitative estimate of drug-likeness (QED) is 0.537. The number of rotatable bonds is 0. The second kappa shape index (κ2) is 2.79. The minimum atomic E-state index is 1.09. The fourth-order valence-corrected chi connectivity index (χ4v) is 2.44. The van der Waals surface area contributed by atoms with Crippen molar-refractivity contribution < 1.29 is 0 Å². The highest BCUT2D eigenvalue weighted by atomic mass is 32.1. The van der Waals surface area contributed by atoms with Crippen molar-refractivity contribution in [2.24, 2.45) is 0 Å². The summed E-state index contributed by atoms with van der Waals surface area (Å²) in [6, 6.07) is 10.7. The van der Waals surface area contributed by atoms with Crippen LogP contribution in [0.25, 0.3) is 21.1 Å². The van der Waals surface area contributed by atoms with Gasteiger partial charge in [0.15, 0.2) is 0 Å². The molecule has 68 valence electrons. The van der Waals surface area contributed by atoms with E-state index in [4.69, 9.17) is 0 Å². The van der Waals surface area contributed by atoms with Gasteiger partial charge >= 0.3 is 0 Å². The lowest BCUT2D eigenvalue weighted by Gasteiger charge is -1.98. The van der Waals surface area contributed by atoms with E-state index in [1.165, 1.54) is 16.3 Å². The van der Waals surface area contributed by atoms with Gasteiger partial charge in [-0.05, 0) is 36.6 Å². The van der Waals surface area contributed by atoms with Gasteiger partial charge in [0.05, 0.1) is 5.52 Å². The first-order valence-electron chi connectivity index (χ1n) is 4.57. The second-order valence-electron chi connectivity index (χ2n) is 3.50. The summed E-state index contributed by atoms with van der Waals surface area (Å²) in [7, 11) is 0. The number of nitrogens with zero attached hydrogens (tertiary/aromatic N) is 1. The van der Waals surface area contributed by atoms with Gasteiger partial charge in [-0.1, -0.05) is 11.6 Å². The molecule has 14 heavy (non-hydrogen) atoms. The van der Waals surface area contributed by atoms with E-state index in [2.05, 4.69) is 47.6 Å². The van der Waals surface area contributed by atoms with E-state index in [1.54, 1.807) is 11.3 Å². The van der Waals surface area contributed by atoms with Crippen molar-refractivity contribution in [1.29, 1.82) is 0 Å². The number of aromatic nitrogens is 1. The van der Waals surface area contributed by atoms with E-state index in [0.717, 1.165) is 10.3 Å². The average Bonchev–Trinajstić information content (AvgIpc) is 2.61. The van der Waals surface area contributed by atoms with Gasteiger partial charge in [-0.2, -0.15) is 0 Å². The number of benzene rings is 1. The summed E-state index contributed by atoms with van der Waals surface area (Å²) >= 11 is 1.70. The Labute approximate surface area is 86.0 Å². The lowest BCUT2D eigenvalue weighted by molar-refractivity contribution is 1.47. The molecular weight excluding hydrogens is 190 g/mol. The SMILES string of the molecule is Cc1ccc2nc3sccc3cc2c1. The van der Waals surface area contributed by atoms with Crippen LogP contribution in [0.5, 0.6) is 0 Å². The number of fused-ring (bicyclic) bond motifs is 2. The Morgan fingerprint density at radius 2 is 2.00 bits per heavy atom. The van der Waals surface area contributed by atoms with Crippen molar-refractivity contribution >= 4 is 32.5 Å². The highest BCUT2D eigenvalue weighted by molar-refractivity contribution is 7.16. The van der Waals surface area contributed by atoms with Crippen molar-refractivity contribution in [2.75, 3.05) is 0 Å². The standard InChI is InChI=1S/C12H9NS/c1-8-2-3-11-10(6-8)7-9-4-5-14-12(9)13-11/h2-7H,1H3. The Hall–Kier alpha value is -1.41. The summed E-state index contributed by atoms with van der Waals surface area (Å²) in [5.74, 6) is 0. The third-order valence-corrected chi connectivity index (χ3v) is 3.21. The molecule has 2 heterocycles. The van der Waals surface area contributed by atoms with E-state index < -0.39 is 0 Å². The highest BCUT2D eigenvalue weighted by Gasteiger charge is 2.00. The predicted molar refractivity (Wildman–Crippen MR) is 61.9 cm³/mol. The molecule has 0 aliphatic heterocycles. The number of aryl methyl sites for hydroxylation is 1. The molecule has 0 N–H and O–H groups in total. The van der Waals surface area contributed by atoms with Crippen LogP contribution >= 0.6 is 11.3 Å². The molecule has 3 rings (SSSR count). The average molecular weight is 199 g/mol. The summed E-state index contributed by atoms with van der Waals surface area (Å²) in [4.78, 5) is 5.72. The van der Waals surface area contributed by atoms with E-state index in [0.29, 0.717) is 0 Å². The lowest BCUT2D eigenvalue weighted by Crippen LogP contribution is -1.79. The molecule has 0 saturated heterocycles. The summed E-state index contributed by atoms with van der Waals surface area (Å²) < 4.78 is 0. The molecule has 2 aromatic heterocycles. The first-order valence-corrected chi connectivity index (χ1v) is 5.45. The van der Waals surface area contributed by atoms with Gasteiger partial charge in [0.2, 0.25) is 0 Å². The van der Waals surface area contributed by atoms with Crippen LogP contribution < -0.4 is 0 Å². The van der Waals surface area contributed by atoms with Gasteiger partial charge in [-0.15, -0.1) is 11.3 Å². The maximum atomic E-state index is 4.60. The zero-order chi connectivity index (χ0) is 9.54. The number of thiophene rings is 1. The minimum absolute atomic E-state index is 1.09. The highest BCUT2D eigenvalue weighted by Crippen LogP contribution is 2.23. The fourth-order valence-electron chi connectivity index (χ4n) is 1.68. The Bertz CT molecular complexity index is 610. The monoisotopic (exact) mass is 199 g/mol. The van der Waals surface area contributed by atoms with Crippen LogP contribution in [0.2, 0.25) is 0 Å². The maximum Gasteiger partial charge on any atom is 0.123 e. The molecule has 0 aliphatic carbocycles. The van der Waals surface area contributed by atoms with Crippen molar-refractivity contribution in [3.05, 3.63) is 41.3 Å². The van der Waals surface area contributed by atoms with E-state index in [-0.39, 0.29) is 0 Å². The molecule has 0 atom stereocenters. The van der Waals surface area contributed by atoms with Crippen molar-refractivity contribution in [1.82, 2.24) is 4.98 Å². The van der Waals surface area contributed by atoms with E-state index in [9.17, 15) is 0 Å². The van der Waals surface area contributed by atoms with E-state index >= 15 is 0 Å². The van der Waals surface area contributed by atoms with Gasteiger partial charge in [0.1, 0.15) is 4.83 Å². The molecule has 0 spiro atoms. The number of pyridine rings is 1. The third-order valence-electron chi connectivity index (χ3n) is 2.39. The van der Waals surface area contributed by atoms with Gasteiger partial charge in [-0.25, -0.2) is 4.98 Å². The molecule has 0 fully saturated rings. The zero-order valence-electron chi connectivity index (χ0n) is 7.82. The van der Waals surface area contributed by atoms with Gasteiger partial charge < -0.3 is 0 Å². The van der Waals surface area contributed by atoms with Crippen molar-refractivity contribution in [2.45, 2.75) is 6.92 Å². The molecule has 0 radical (unpaired) electrons. The van der Waals surface area contributed by atoms with Crippen LogP contribution in [-0.2, 0) is 0 Å². The second-order valence-corrected chi connectivity index (χ2v) is 4.39. The Balaban J connectivity index is 2.50. The molecule has 0 unspecified atom stereocenters. The summed E-state index contributed by atoms with van der Waals surface area (Å²) in [5, 5.41) is 4.56. The molecule has 2 heteroatoms. The zero-order valence-corrected chi connectivity index (χ0v) is 8.64. The van der Waals surface area contributed by atoms with Gasteiger partial charge in [-0.3, -0.25) is 0 Å². The molecule has 0 saturated carbocycles. The van der Waals surface area contributed by atoms with E-state index in [1.807, 2.05) is 0 Å². The normalized spacial score (nSPS) is 11.2. The van der Waals surface area contributed by atoms with Crippen LogP contribution in [0.1, 0.15) is 5.56 Å². The lowest BCUT2D eigenvalue weighted by atomic mass is 10.1. The summed E-state index contributed by atoms with van der Waals surface area (Å²) in [6.45, 7) is 2.11. The van der Waals surface area contributed by atoms with Crippen LogP contribution in [0, 0.1) is 6.92 Å². The third kappa shape index (κ3) is 1.11. The smallest absolute Gasteiger partial charge is 0.123 e. The summed E-state index contributed by atoms with van der Waals surface area (Å²) in [5.41, 5.74) is 2.37. The first kappa shape index (κ1) is 7.94. The van der Waals surface area contributed by atoms with Crippen molar-refractivity contribution in [3.63, 3.8) is 0 Å². The summed E-state index contributed by atoms with van der Waals surface area (Å²) in [6.07, 6.45) is 0. The minimum Gasteiger partial charge on any atom is -0.237 e.